The molecule has 1 aromatic carbocycles. The molecule has 0 saturated carbocycles. The Kier molecular flexibility index (Phi) is 4.02. The summed E-state index contributed by atoms with van der Waals surface area (Å²) in [5.74, 6) is 1.35. The Labute approximate surface area is 146 Å². The van der Waals surface area contributed by atoms with Crippen LogP contribution in [0.4, 0.5) is 9.52 Å². The van der Waals surface area contributed by atoms with Crippen molar-refractivity contribution in [3.63, 3.8) is 0 Å². The van der Waals surface area contributed by atoms with Crippen LogP contribution in [0.1, 0.15) is 0 Å². The van der Waals surface area contributed by atoms with E-state index in [0.29, 0.717) is 22.3 Å². The highest BCUT2D eigenvalue weighted by molar-refractivity contribution is 7.22. The number of ether oxygens (including phenoxy) is 1. The number of aromatic nitrogens is 4. The Hall–Kier alpha value is -3.00. The van der Waals surface area contributed by atoms with Crippen LogP contribution >= 0.6 is 11.3 Å². The summed E-state index contributed by atoms with van der Waals surface area (Å²) in [5.41, 5.74) is 8.10. The first-order valence-electron chi connectivity index (χ1n) is 7.60. The lowest BCUT2D eigenvalue weighted by molar-refractivity contribution is 0.427. The molecule has 0 spiro atoms. The van der Waals surface area contributed by atoms with Gasteiger partial charge in [-0.15, -0.1) is 0 Å². The van der Waals surface area contributed by atoms with Gasteiger partial charge in [0, 0.05) is 30.1 Å². The first kappa shape index (κ1) is 15.5. The highest BCUT2D eigenvalue weighted by Gasteiger charge is 2.07. The predicted molar refractivity (Wildman–Crippen MR) is 95.5 cm³/mol. The summed E-state index contributed by atoms with van der Waals surface area (Å²) in [6, 6.07) is 9.23. The molecule has 126 valence electrons. The zero-order valence-electron chi connectivity index (χ0n) is 13.1. The van der Waals surface area contributed by atoms with E-state index in [2.05, 4.69) is 15.1 Å². The molecule has 0 aliphatic heterocycles. The number of pyridine rings is 1. The van der Waals surface area contributed by atoms with Gasteiger partial charge >= 0.3 is 0 Å². The van der Waals surface area contributed by atoms with Gasteiger partial charge in [0.15, 0.2) is 5.13 Å². The highest BCUT2D eigenvalue weighted by Crippen LogP contribution is 2.31. The minimum atomic E-state index is -0.456. The number of nitrogens with two attached hydrogens (primary N) is 1. The SMILES string of the molecule is Nc1nc2ccc(Oc3ccnc(-c4cnn(CCF)c4)c3)cc2s1. The molecule has 4 rings (SSSR count). The maximum atomic E-state index is 12.4. The molecule has 25 heavy (non-hydrogen) atoms. The molecule has 0 amide bonds. The molecule has 8 heteroatoms. The lowest BCUT2D eigenvalue weighted by Gasteiger charge is -2.06. The Morgan fingerprint density at radius 1 is 1.20 bits per heavy atom. The Balaban J connectivity index is 1.59. The van der Waals surface area contributed by atoms with E-state index >= 15 is 0 Å². The molecule has 0 radical (unpaired) electrons. The average Bonchev–Trinajstić information content (AvgIpc) is 3.21. The summed E-state index contributed by atoms with van der Waals surface area (Å²) >= 11 is 1.42. The number of nitrogen functional groups attached to an aromatic ring is 1. The number of benzene rings is 1. The van der Waals surface area contributed by atoms with Gasteiger partial charge in [-0.25, -0.2) is 9.37 Å². The maximum Gasteiger partial charge on any atom is 0.181 e. The van der Waals surface area contributed by atoms with Crippen LogP contribution < -0.4 is 10.5 Å². The van der Waals surface area contributed by atoms with Crippen LogP contribution in [-0.2, 0) is 6.54 Å². The van der Waals surface area contributed by atoms with Crippen molar-refractivity contribution in [2.45, 2.75) is 6.54 Å². The number of hydrogen-bond donors (Lipinski definition) is 1. The van der Waals surface area contributed by atoms with Crippen LogP contribution in [0.5, 0.6) is 11.5 Å². The quantitative estimate of drug-likeness (QED) is 0.587. The second kappa shape index (κ2) is 6.48. The molecule has 6 nitrogen and oxygen atoms in total. The highest BCUT2D eigenvalue weighted by atomic mass is 32.1. The summed E-state index contributed by atoms with van der Waals surface area (Å²) in [4.78, 5) is 8.55. The topological polar surface area (TPSA) is 78.8 Å². The number of hydrogen-bond acceptors (Lipinski definition) is 6. The Morgan fingerprint density at radius 2 is 2.08 bits per heavy atom. The zero-order valence-corrected chi connectivity index (χ0v) is 13.9. The smallest absolute Gasteiger partial charge is 0.181 e. The number of rotatable bonds is 5. The van der Waals surface area contributed by atoms with E-state index < -0.39 is 6.67 Å². The van der Waals surface area contributed by atoms with Gasteiger partial charge < -0.3 is 10.5 Å². The van der Waals surface area contributed by atoms with Gasteiger partial charge in [-0.2, -0.15) is 5.10 Å². The van der Waals surface area contributed by atoms with Crippen LogP contribution in [0, 0.1) is 0 Å². The van der Waals surface area contributed by atoms with E-state index in [-0.39, 0.29) is 6.54 Å². The fraction of sp³-hybridized carbons (Fsp3) is 0.118. The largest absolute Gasteiger partial charge is 0.457 e. The normalized spacial score (nSPS) is 11.1. The van der Waals surface area contributed by atoms with Gasteiger partial charge in [0.2, 0.25) is 0 Å². The Bertz CT molecular complexity index is 1030. The molecule has 3 aromatic heterocycles. The number of fused-ring (bicyclic) bond motifs is 1. The van der Waals surface area contributed by atoms with E-state index in [1.807, 2.05) is 24.3 Å². The fourth-order valence-corrected chi connectivity index (χ4v) is 3.22. The standard InChI is InChI=1S/C17H14FN5OS/c18-4-6-23-10-11(9-21-23)15-7-13(3-5-20-15)24-12-1-2-14-16(8-12)25-17(19)22-14/h1-3,5,7-10H,4,6H2,(H2,19,22). The fourth-order valence-electron chi connectivity index (χ4n) is 2.46. The van der Waals surface area contributed by atoms with E-state index in [9.17, 15) is 4.39 Å². The van der Waals surface area contributed by atoms with Crippen LogP contribution in [0.3, 0.4) is 0 Å². The number of thiazole rings is 1. The summed E-state index contributed by atoms with van der Waals surface area (Å²) in [5, 5.41) is 4.64. The molecule has 0 saturated heterocycles. The molecule has 0 bridgehead atoms. The van der Waals surface area contributed by atoms with Crippen molar-refractivity contribution in [1.29, 1.82) is 0 Å². The molecule has 0 aliphatic carbocycles. The summed E-state index contributed by atoms with van der Waals surface area (Å²) in [7, 11) is 0. The van der Waals surface area contributed by atoms with Crippen LogP contribution in [0.25, 0.3) is 21.5 Å². The second-order valence-electron chi connectivity index (χ2n) is 5.34. The Morgan fingerprint density at radius 3 is 2.96 bits per heavy atom. The van der Waals surface area contributed by atoms with Crippen LogP contribution in [-0.4, -0.2) is 26.4 Å². The van der Waals surface area contributed by atoms with E-state index in [1.165, 1.54) is 11.3 Å². The van der Waals surface area contributed by atoms with Gasteiger partial charge in [-0.3, -0.25) is 9.67 Å². The molecule has 3 heterocycles. The van der Waals surface area contributed by atoms with Gasteiger partial charge in [0.05, 0.1) is 28.7 Å². The van der Waals surface area contributed by atoms with E-state index in [0.717, 1.165) is 15.8 Å². The van der Waals surface area contributed by atoms with Crippen molar-refractivity contribution in [3.05, 3.63) is 48.9 Å². The minimum absolute atomic E-state index is 0.230. The van der Waals surface area contributed by atoms with E-state index in [1.54, 1.807) is 29.3 Å². The monoisotopic (exact) mass is 355 g/mol. The van der Waals surface area contributed by atoms with Crippen LogP contribution in [0.2, 0.25) is 0 Å². The molecule has 2 N–H and O–H groups in total. The lowest BCUT2D eigenvalue weighted by Crippen LogP contribution is -1.98. The molecule has 4 aromatic rings. The predicted octanol–water partition coefficient (Wildman–Crippen LogP) is 3.90. The molecule has 0 unspecified atom stereocenters. The van der Waals surface area contributed by atoms with Crippen molar-refractivity contribution >= 4 is 26.7 Å². The number of anilines is 1. The third-order valence-corrected chi connectivity index (χ3v) is 4.43. The maximum absolute atomic E-state index is 12.4. The summed E-state index contributed by atoms with van der Waals surface area (Å²) < 4.78 is 20.8. The van der Waals surface area contributed by atoms with Crippen molar-refractivity contribution in [2.75, 3.05) is 12.4 Å². The minimum Gasteiger partial charge on any atom is -0.457 e. The van der Waals surface area contributed by atoms with Gasteiger partial charge in [0.25, 0.3) is 0 Å². The van der Waals surface area contributed by atoms with Gasteiger partial charge in [-0.05, 0) is 18.2 Å². The third kappa shape index (κ3) is 3.29. The van der Waals surface area contributed by atoms with Crippen molar-refractivity contribution in [2.24, 2.45) is 0 Å². The number of halogens is 1. The first-order valence-corrected chi connectivity index (χ1v) is 8.42. The molecular weight excluding hydrogens is 341 g/mol. The molecule has 0 atom stereocenters. The van der Waals surface area contributed by atoms with Gasteiger partial charge in [0.1, 0.15) is 18.2 Å². The molecule has 0 aliphatic rings. The molecular formula is C17H14FN5OS. The van der Waals surface area contributed by atoms with Crippen LogP contribution in [0.15, 0.2) is 48.9 Å². The average molecular weight is 355 g/mol. The summed E-state index contributed by atoms with van der Waals surface area (Å²) in [6.45, 7) is -0.226. The number of nitrogens with zero attached hydrogens (tertiary/aromatic N) is 4. The lowest BCUT2D eigenvalue weighted by atomic mass is 10.2. The number of alkyl halides is 1. The van der Waals surface area contributed by atoms with Crippen molar-refractivity contribution < 1.29 is 9.13 Å². The van der Waals surface area contributed by atoms with E-state index in [4.69, 9.17) is 10.5 Å². The van der Waals surface area contributed by atoms with Gasteiger partial charge in [-0.1, -0.05) is 11.3 Å². The number of aryl methyl sites for hydroxylation is 1. The third-order valence-electron chi connectivity index (χ3n) is 3.59. The first-order chi connectivity index (χ1) is 12.2. The second-order valence-corrected chi connectivity index (χ2v) is 6.40. The van der Waals surface area contributed by atoms with Crippen molar-refractivity contribution in [3.8, 4) is 22.8 Å². The van der Waals surface area contributed by atoms with Crippen molar-refractivity contribution in [1.82, 2.24) is 19.7 Å². The summed E-state index contributed by atoms with van der Waals surface area (Å²) in [6.07, 6.45) is 5.09. The zero-order chi connectivity index (χ0) is 17.2. The molecule has 0 fully saturated rings.